The third-order valence-electron chi connectivity index (χ3n) is 6.19. The average Bonchev–Trinajstić information content (AvgIpc) is 3.36. The molecule has 0 spiro atoms. The predicted molar refractivity (Wildman–Crippen MR) is 129 cm³/mol. The van der Waals surface area contributed by atoms with E-state index in [2.05, 4.69) is 10.1 Å². The molecule has 0 fully saturated rings. The molecule has 1 aliphatic rings. The van der Waals surface area contributed by atoms with E-state index in [4.69, 9.17) is 0 Å². The van der Waals surface area contributed by atoms with Crippen molar-refractivity contribution in [2.24, 2.45) is 0 Å². The molecule has 0 unspecified atom stereocenters. The minimum Gasteiger partial charge on any atom is -0.223 e. The zero-order valence-electron chi connectivity index (χ0n) is 20.6. The number of benzene rings is 2. The molecule has 0 atom stereocenters. The van der Waals surface area contributed by atoms with Crippen LogP contribution in [0, 0.1) is 41.5 Å². The third kappa shape index (κ3) is 4.47. The Morgan fingerprint density at radius 1 is 0.886 bits per heavy atom. The Morgan fingerprint density at radius 3 is 1.91 bits per heavy atom. The number of halogens is 4. The van der Waals surface area contributed by atoms with Crippen LogP contribution in [0.1, 0.15) is 33.4 Å². The monoisotopic (exact) mass is 486 g/mol. The topological polar surface area (TPSA) is 37.0 Å². The van der Waals surface area contributed by atoms with E-state index in [0.29, 0.717) is 29.1 Å². The van der Waals surface area contributed by atoms with Crippen LogP contribution in [-0.4, -0.2) is 44.4 Å². The second-order valence-corrected chi connectivity index (χ2v) is 9.12. The van der Waals surface area contributed by atoms with Crippen LogP contribution in [0.25, 0.3) is 5.70 Å². The molecular weight excluding hydrogens is 458 g/mol. The molecular formula is C26H28F4N5+. The lowest BCUT2D eigenvalue weighted by Gasteiger charge is -2.20. The van der Waals surface area contributed by atoms with Gasteiger partial charge in [0.05, 0.1) is 0 Å². The van der Waals surface area contributed by atoms with Crippen molar-refractivity contribution in [1.82, 2.24) is 14.8 Å². The van der Waals surface area contributed by atoms with E-state index in [-0.39, 0.29) is 5.84 Å². The molecule has 35 heavy (non-hydrogen) atoms. The van der Waals surface area contributed by atoms with Crippen molar-refractivity contribution >= 4 is 22.9 Å². The fourth-order valence-electron chi connectivity index (χ4n) is 5.21. The maximum absolute atomic E-state index is 16.3. The van der Waals surface area contributed by atoms with Gasteiger partial charge in [0.25, 0.3) is 0 Å². The number of amidine groups is 1. The molecule has 9 heteroatoms. The summed E-state index contributed by atoms with van der Waals surface area (Å²) in [6.45, 7) is 12.1. The van der Waals surface area contributed by atoms with Gasteiger partial charge in [-0.3, -0.25) is 0 Å². The molecule has 0 bridgehead atoms. The first-order valence-electron chi connectivity index (χ1n) is 11.3. The second-order valence-electron chi connectivity index (χ2n) is 9.12. The van der Waals surface area contributed by atoms with E-state index in [0.717, 1.165) is 46.0 Å². The highest BCUT2D eigenvalue weighted by atomic mass is 19.4. The smallest absolute Gasteiger partial charge is 0.223 e. The van der Waals surface area contributed by atoms with Gasteiger partial charge in [0.2, 0.25) is 5.83 Å². The summed E-state index contributed by atoms with van der Waals surface area (Å²) in [7, 11) is 0. The molecule has 2 heterocycles. The van der Waals surface area contributed by atoms with Gasteiger partial charge in [0.15, 0.2) is 5.70 Å². The van der Waals surface area contributed by atoms with Crippen LogP contribution in [-0.2, 0) is 0 Å². The molecule has 0 aliphatic carbocycles. The van der Waals surface area contributed by atoms with Gasteiger partial charge in [0.1, 0.15) is 37.1 Å². The van der Waals surface area contributed by atoms with Gasteiger partial charge >= 0.3 is 12.0 Å². The van der Waals surface area contributed by atoms with Crippen molar-refractivity contribution in [3.63, 3.8) is 0 Å². The van der Waals surface area contributed by atoms with Crippen molar-refractivity contribution < 1.29 is 22.1 Å². The van der Waals surface area contributed by atoms with Crippen LogP contribution in [0.2, 0.25) is 0 Å². The molecule has 0 saturated heterocycles. The minimum atomic E-state index is -5.00. The number of aryl methyl sites for hydroxylation is 6. The molecule has 3 aromatic rings. The number of anilines is 1. The van der Waals surface area contributed by atoms with Crippen molar-refractivity contribution in [2.45, 2.75) is 47.7 Å². The number of hydrogen-bond acceptors (Lipinski definition) is 3. The molecule has 0 saturated carbocycles. The minimum absolute atomic E-state index is 0.155. The second kappa shape index (κ2) is 8.94. The number of rotatable bonds is 4. The summed E-state index contributed by atoms with van der Waals surface area (Å²) in [6, 6.07) is 7.81. The zero-order chi connectivity index (χ0) is 25.7. The molecule has 1 aliphatic heterocycles. The summed E-state index contributed by atoms with van der Waals surface area (Å²) in [5.74, 6) is -1.56. The van der Waals surface area contributed by atoms with E-state index in [1.807, 2.05) is 65.8 Å². The SMILES string of the molecule is Cc1cc(C)c(N2CC[N+](c3c(C)cc(C)cc3C)=C2/C(F)=C(\n2cncn2)C(F)(F)F)c(C)c1. The lowest BCUT2D eigenvalue weighted by atomic mass is 10.0. The standard InChI is InChI=1S/C26H28F4N5/c1-15-9-17(3)22(18(4)10-15)33-7-8-34(23-19(5)11-16(2)12-20(23)6)25(33)21(27)24(26(28,29)30)35-14-31-13-32-35/h9-14H,7-8H2,1-6H3/q+1. The van der Waals surface area contributed by atoms with Gasteiger partial charge in [-0.05, 0) is 63.8 Å². The highest BCUT2D eigenvalue weighted by molar-refractivity contribution is 6.10. The van der Waals surface area contributed by atoms with Gasteiger partial charge < -0.3 is 0 Å². The lowest BCUT2D eigenvalue weighted by Crippen LogP contribution is -2.33. The van der Waals surface area contributed by atoms with Gasteiger partial charge in [-0.1, -0.05) is 35.4 Å². The molecule has 0 radical (unpaired) electrons. The Morgan fingerprint density at radius 2 is 1.43 bits per heavy atom. The largest absolute Gasteiger partial charge is 0.436 e. The molecule has 0 N–H and O–H groups in total. The van der Waals surface area contributed by atoms with Crippen molar-refractivity contribution in [3.8, 4) is 0 Å². The number of nitrogens with zero attached hydrogens (tertiary/aromatic N) is 5. The van der Waals surface area contributed by atoms with Gasteiger partial charge in [-0.2, -0.15) is 22.7 Å². The number of hydrogen-bond donors (Lipinski definition) is 0. The Labute approximate surface area is 202 Å². The highest BCUT2D eigenvalue weighted by Gasteiger charge is 2.47. The Kier molecular flexibility index (Phi) is 6.29. The lowest BCUT2D eigenvalue weighted by molar-refractivity contribution is -0.429. The average molecular weight is 487 g/mol. The van der Waals surface area contributed by atoms with Gasteiger partial charge in [0, 0.05) is 0 Å². The molecule has 5 nitrogen and oxygen atoms in total. The van der Waals surface area contributed by atoms with Crippen LogP contribution < -0.4 is 4.90 Å². The Bertz CT molecular complexity index is 1300. The summed E-state index contributed by atoms with van der Waals surface area (Å²) in [4.78, 5) is 5.26. The maximum atomic E-state index is 16.3. The summed E-state index contributed by atoms with van der Waals surface area (Å²) < 4.78 is 61.1. The van der Waals surface area contributed by atoms with Crippen molar-refractivity contribution in [1.29, 1.82) is 0 Å². The number of allylic oxidation sites excluding steroid dienone is 1. The quantitative estimate of drug-likeness (QED) is 0.331. The summed E-state index contributed by atoms with van der Waals surface area (Å²) in [5, 5.41) is 3.60. The van der Waals surface area contributed by atoms with Crippen molar-refractivity contribution in [3.05, 3.63) is 76.1 Å². The van der Waals surface area contributed by atoms with Crippen LogP contribution in [0.3, 0.4) is 0 Å². The fraction of sp³-hybridized carbons (Fsp3) is 0.346. The normalized spacial score (nSPS) is 15.2. The van der Waals surface area contributed by atoms with Crippen LogP contribution in [0.15, 0.2) is 42.7 Å². The third-order valence-corrected chi connectivity index (χ3v) is 6.19. The summed E-state index contributed by atoms with van der Waals surface area (Å²) in [6.07, 6.45) is -3.19. The molecule has 184 valence electrons. The van der Waals surface area contributed by atoms with E-state index >= 15 is 4.39 Å². The highest BCUT2D eigenvalue weighted by Crippen LogP contribution is 2.38. The predicted octanol–water partition coefficient (Wildman–Crippen LogP) is 6.09. The Hall–Kier alpha value is -3.49. The maximum Gasteiger partial charge on any atom is 0.436 e. The number of aromatic nitrogens is 3. The first-order chi connectivity index (χ1) is 16.4. The van der Waals surface area contributed by atoms with Gasteiger partial charge in [-0.15, -0.1) is 0 Å². The van der Waals surface area contributed by atoms with Gasteiger partial charge in [-0.25, -0.2) is 19.1 Å². The zero-order valence-corrected chi connectivity index (χ0v) is 20.6. The molecule has 1 aromatic heterocycles. The van der Waals surface area contributed by atoms with E-state index < -0.39 is 17.7 Å². The fourth-order valence-corrected chi connectivity index (χ4v) is 5.21. The number of alkyl halides is 3. The molecule has 2 aromatic carbocycles. The summed E-state index contributed by atoms with van der Waals surface area (Å²) in [5.41, 5.74) is 5.40. The molecule has 4 rings (SSSR count). The summed E-state index contributed by atoms with van der Waals surface area (Å²) >= 11 is 0. The first-order valence-corrected chi connectivity index (χ1v) is 11.3. The Balaban J connectivity index is 2.09. The van der Waals surface area contributed by atoms with Crippen LogP contribution >= 0.6 is 0 Å². The van der Waals surface area contributed by atoms with Crippen LogP contribution in [0.5, 0.6) is 0 Å². The molecule has 0 amide bonds. The van der Waals surface area contributed by atoms with Crippen molar-refractivity contribution in [2.75, 3.05) is 18.0 Å². The van der Waals surface area contributed by atoms with E-state index in [9.17, 15) is 13.2 Å². The first kappa shape index (κ1) is 24.6. The van der Waals surface area contributed by atoms with E-state index in [1.54, 1.807) is 9.48 Å². The van der Waals surface area contributed by atoms with Crippen LogP contribution in [0.4, 0.5) is 28.9 Å². The van der Waals surface area contributed by atoms with E-state index in [1.165, 1.54) is 0 Å².